The largest absolute Gasteiger partial charge is 0.507 e. The van der Waals surface area contributed by atoms with Crippen molar-refractivity contribution in [3.05, 3.63) is 58.7 Å². The molecule has 0 saturated heterocycles. The van der Waals surface area contributed by atoms with Crippen LogP contribution in [-0.2, 0) is 14.3 Å². The zero-order valence-corrected chi connectivity index (χ0v) is 23.7. The zero-order chi connectivity index (χ0) is 28.4. The van der Waals surface area contributed by atoms with Gasteiger partial charge in [0.15, 0.2) is 0 Å². The first-order chi connectivity index (χ1) is 17.7. The second-order valence-corrected chi connectivity index (χ2v) is 11.5. The Morgan fingerprint density at radius 2 is 1.53 bits per heavy atom. The summed E-state index contributed by atoms with van der Waals surface area (Å²) in [5, 5.41) is 16.8. The number of amides is 3. The molecule has 0 spiro atoms. The van der Waals surface area contributed by atoms with Crippen molar-refractivity contribution in [2.75, 3.05) is 5.32 Å². The molecule has 0 radical (unpaired) electrons. The Hall–Kier alpha value is -3.55. The number of nitrogens with one attached hydrogen (secondary N) is 2. The van der Waals surface area contributed by atoms with Gasteiger partial charge in [-0.3, -0.25) is 9.59 Å². The molecule has 3 rings (SSSR count). The maximum absolute atomic E-state index is 14.2. The fourth-order valence-corrected chi connectivity index (χ4v) is 4.50. The number of alkyl carbamates (subject to hydrolysis) is 1. The smallest absolute Gasteiger partial charge is 0.408 e. The van der Waals surface area contributed by atoms with Crippen molar-refractivity contribution in [3.8, 4) is 5.75 Å². The predicted octanol–water partition coefficient (Wildman–Crippen LogP) is 5.54. The Morgan fingerprint density at radius 1 is 0.974 bits per heavy atom. The van der Waals surface area contributed by atoms with Crippen LogP contribution in [-0.4, -0.2) is 45.6 Å². The van der Waals surface area contributed by atoms with Gasteiger partial charge in [0, 0.05) is 17.3 Å². The molecule has 8 nitrogen and oxygen atoms in total. The van der Waals surface area contributed by atoms with E-state index in [0.29, 0.717) is 16.8 Å². The van der Waals surface area contributed by atoms with Gasteiger partial charge >= 0.3 is 6.09 Å². The summed E-state index contributed by atoms with van der Waals surface area (Å²) in [6.45, 7) is 14.5. The summed E-state index contributed by atoms with van der Waals surface area (Å²) >= 11 is 0. The molecule has 0 heterocycles. The highest BCUT2D eigenvalue weighted by atomic mass is 16.6. The van der Waals surface area contributed by atoms with Gasteiger partial charge in [-0.15, -0.1) is 0 Å². The lowest BCUT2D eigenvalue weighted by molar-refractivity contribution is -0.142. The van der Waals surface area contributed by atoms with E-state index in [-0.39, 0.29) is 17.7 Å². The molecule has 1 saturated carbocycles. The molecule has 0 bridgehead atoms. The minimum absolute atomic E-state index is 0.0335. The number of ether oxygens (including phenoxy) is 1. The van der Waals surface area contributed by atoms with Gasteiger partial charge in [-0.25, -0.2) is 4.79 Å². The maximum atomic E-state index is 14.2. The van der Waals surface area contributed by atoms with Crippen LogP contribution in [0.3, 0.4) is 0 Å². The molecule has 1 aliphatic carbocycles. The quantitative estimate of drug-likeness (QED) is 0.421. The molecule has 1 aliphatic rings. The lowest BCUT2D eigenvalue weighted by Crippen LogP contribution is -2.55. The van der Waals surface area contributed by atoms with Crippen LogP contribution in [0.2, 0.25) is 0 Å². The van der Waals surface area contributed by atoms with Crippen molar-refractivity contribution in [2.45, 2.75) is 92.0 Å². The number of phenols is 1. The van der Waals surface area contributed by atoms with Crippen molar-refractivity contribution in [2.24, 2.45) is 5.92 Å². The normalized spacial score (nSPS) is 15.0. The summed E-state index contributed by atoms with van der Waals surface area (Å²) in [6.07, 6.45) is 0.751. The number of carbonyl (C=O) groups excluding carboxylic acids is 3. The molecule has 2 aromatic rings. The lowest BCUT2D eigenvalue weighted by Gasteiger charge is -2.36. The van der Waals surface area contributed by atoms with Gasteiger partial charge in [-0.05, 0) is 77.0 Å². The van der Waals surface area contributed by atoms with Crippen molar-refractivity contribution >= 4 is 23.6 Å². The number of hydrogen-bond acceptors (Lipinski definition) is 5. The number of rotatable bonds is 8. The Labute approximate surface area is 225 Å². The Kier molecular flexibility index (Phi) is 8.75. The fraction of sp³-hybridized carbons (Fsp3) is 0.500. The molecule has 38 heavy (non-hydrogen) atoms. The maximum Gasteiger partial charge on any atom is 0.408 e. The number of anilines is 1. The highest BCUT2D eigenvalue weighted by molar-refractivity contribution is 6.00. The predicted molar refractivity (Wildman–Crippen MR) is 148 cm³/mol. The molecule has 3 amide bonds. The van der Waals surface area contributed by atoms with Crippen molar-refractivity contribution in [1.82, 2.24) is 10.2 Å². The highest BCUT2D eigenvalue weighted by Gasteiger charge is 2.45. The van der Waals surface area contributed by atoms with Gasteiger partial charge in [0.1, 0.15) is 23.4 Å². The average Bonchev–Trinajstić information content (AvgIpc) is 3.64. The minimum Gasteiger partial charge on any atom is -0.507 e. The van der Waals surface area contributed by atoms with Gasteiger partial charge in [0.2, 0.25) is 5.91 Å². The average molecular weight is 524 g/mol. The number of nitrogens with zero attached hydrogens (tertiary/aromatic N) is 1. The number of aromatic hydroxyl groups is 1. The monoisotopic (exact) mass is 523 g/mol. The van der Waals surface area contributed by atoms with Crippen molar-refractivity contribution < 1.29 is 24.2 Å². The minimum atomic E-state index is -1.10. The fourth-order valence-electron chi connectivity index (χ4n) is 4.50. The molecule has 3 N–H and O–H groups in total. The van der Waals surface area contributed by atoms with Crippen molar-refractivity contribution in [3.63, 3.8) is 0 Å². The van der Waals surface area contributed by atoms with Crippen LogP contribution in [0.15, 0.2) is 36.4 Å². The molecular weight excluding hydrogens is 482 g/mol. The van der Waals surface area contributed by atoms with Gasteiger partial charge in [-0.1, -0.05) is 50.2 Å². The van der Waals surface area contributed by atoms with E-state index in [1.807, 2.05) is 45.9 Å². The van der Waals surface area contributed by atoms with Crippen LogP contribution < -0.4 is 10.6 Å². The van der Waals surface area contributed by atoms with Gasteiger partial charge in [-0.2, -0.15) is 0 Å². The van der Waals surface area contributed by atoms with Crippen LogP contribution in [0.4, 0.5) is 10.5 Å². The zero-order valence-electron chi connectivity index (χ0n) is 23.7. The van der Waals surface area contributed by atoms with Crippen LogP contribution in [0.25, 0.3) is 0 Å². The Balaban J connectivity index is 2.06. The molecule has 206 valence electrons. The molecule has 1 fully saturated rings. The lowest BCUT2D eigenvalue weighted by atomic mass is 9.96. The first-order valence-electron chi connectivity index (χ1n) is 13.2. The molecule has 8 heteroatoms. The summed E-state index contributed by atoms with van der Waals surface area (Å²) < 4.78 is 5.42. The van der Waals surface area contributed by atoms with Gasteiger partial charge in [0.25, 0.3) is 5.91 Å². The third kappa shape index (κ3) is 6.85. The van der Waals surface area contributed by atoms with E-state index >= 15 is 0 Å². The first-order valence-corrected chi connectivity index (χ1v) is 13.2. The topological polar surface area (TPSA) is 108 Å². The standard InChI is InChI=1S/C30H41N3O5/c1-17(2)23(32-29(37)38-30(6,7)8)28(36)33(21-15-16-21)25(22-14-10-13-20(5)26(22)34)27(35)31-24-18(3)11-9-12-19(24)4/h9-14,17,21,23,25,34H,15-16H2,1-8H3,(H,31,35)(H,32,37). The molecule has 2 unspecified atom stereocenters. The van der Waals surface area contributed by atoms with Crippen LogP contribution in [0.5, 0.6) is 5.75 Å². The third-order valence-electron chi connectivity index (χ3n) is 6.62. The second kappa shape index (κ2) is 11.5. The second-order valence-electron chi connectivity index (χ2n) is 11.5. The van der Waals surface area contributed by atoms with Crippen LogP contribution >= 0.6 is 0 Å². The number of aryl methyl sites for hydroxylation is 3. The Morgan fingerprint density at radius 3 is 2.05 bits per heavy atom. The van der Waals surface area contributed by atoms with Crippen LogP contribution in [0, 0.1) is 26.7 Å². The number of benzene rings is 2. The van der Waals surface area contributed by atoms with E-state index in [1.54, 1.807) is 50.8 Å². The van der Waals surface area contributed by atoms with Crippen LogP contribution in [0.1, 0.15) is 75.8 Å². The SMILES string of the molecule is Cc1cccc(C(C(=O)Nc2c(C)cccc2C)N(C(=O)C(NC(=O)OC(C)(C)C)C(C)C)C2CC2)c1O. The Bertz CT molecular complexity index is 1180. The van der Waals surface area contributed by atoms with E-state index in [1.165, 1.54) is 0 Å². The van der Waals surface area contributed by atoms with Crippen molar-refractivity contribution in [1.29, 1.82) is 0 Å². The van der Waals surface area contributed by atoms with E-state index in [2.05, 4.69) is 10.6 Å². The summed E-state index contributed by atoms with van der Waals surface area (Å²) in [5.74, 6) is -1.13. The van der Waals surface area contributed by atoms with E-state index in [0.717, 1.165) is 24.0 Å². The summed E-state index contributed by atoms with van der Waals surface area (Å²) in [5.41, 5.74) is 2.66. The summed E-state index contributed by atoms with van der Waals surface area (Å²) in [7, 11) is 0. The van der Waals surface area contributed by atoms with E-state index < -0.39 is 35.6 Å². The number of hydrogen-bond donors (Lipinski definition) is 3. The summed E-state index contributed by atoms with van der Waals surface area (Å²) in [4.78, 5) is 42.4. The van der Waals surface area contributed by atoms with Gasteiger partial charge in [0.05, 0.1) is 0 Å². The number of carbonyl (C=O) groups is 3. The number of phenolic OH excluding ortho intramolecular Hbond substituents is 1. The highest BCUT2D eigenvalue weighted by Crippen LogP contribution is 2.40. The molecule has 2 aromatic carbocycles. The third-order valence-corrected chi connectivity index (χ3v) is 6.62. The molecule has 0 aromatic heterocycles. The van der Waals surface area contributed by atoms with Gasteiger partial charge < -0.3 is 25.4 Å². The molecular formula is C30H41N3O5. The van der Waals surface area contributed by atoms with E-state index in [4.69, 9.17) is 4.74 Å². The first kappa shape index (κ1) is 29.0. The molecule has 2 atom stereocenters. The summed E-state index contributed by atoms with van der Waals surface area (Å²) in [6, 6.07) is 8.70. The van der Waals surface area contributed by atoms with E-state index in [9.17, 15) is 19.5 Å². The number of para-hydroxylation sites is 2. The molecule has 0 aliphatic heterocycles.